The number of rotatable bonds is 8. The van der Waals surface area contributed by atoms with E-state index in [1.54, 1.807) is 0 Å². The molecule has 0 radical (unpaired) electrons. The lowest BCUT2D eigenvalue weighted by Crippen LogP contribution is -2.44. The van der Waals surface area contributed by atoms with E-state index < -0.39 is 17.6 Å². The van der Waals surface area contributed by atoms with E-state index in [0.717, 1.165) is 18.4 Å². The summed E-state index contributed by atoms with van der Waals surface area (Å²) < 4.78 is 5.53. The minimum atomic E-state index is -0.709. The quantitative estimate of drug-likeness (QED) is 0.245. The topological polar surface area (TPSA) is 65.0 Å². The van der Waals surface area contributed by atoms with Crippen LogP contribution in [0.5, 0.6) is 0 Å². The number of hydrogen-bond donors (Lipinski definition) is 1. The molecule has 1 saturated carbocycles. The molecule has 0 saturated heterocycles. The molecule has 0 spiro atoms. The highest BCUT2D eigenvalue weighted by molar-refractivity contribution is 5.76. The Hall–Kier alpha value is -0.910. The standard InChI is InChI=1S/C17H30O5/c1-6-17(4,5)16(19)22-14-9-7-8-13(15(14)18)11-21-20-10-12(2)3/h13-15,18H,2,6-11H2,1,3-5H3. The van der Waals surface area contributed by atoms with E-state index in [9.17, 15) is 9.90 Å². The molecule has 1 rings (SSSR count). The van der Waals surface area contributed by atoms with Crippen molar-refractivity contribution in [2.45, 2.75) is 65.6 Å². The van der Waals surface area contributed by atoms with Gasteiger partial charge in [0.2, 0.25) is 0 Å². The fourth-order valence-corrected chi connectivity index (χ4v) is 2.26. The molecule has 0 heterocycles. The number of aliphatic hydroxyl groups is 1. The fraction of sp³-hybridized carbons (Fsp3) is 0.824. The van der Waals surface area contributed by atoms with Gasteiger partial charge in [0.15, 0.2) is 0 Å². The maximum absolute atomic E-state index is 12.2. The third-order valence-electron chi connectivity index (χ3n) is 4.29. The van der Waals surface area contributed by atoms with Crippen molar-refractivity contribution in [1.82, 2.24) is 0 Å². The van der Waals surface area contributed by atoms with Crippen LogP contribution in [0.3, 0.4) is 0 Å². The van der Waals surface area contributed by atoms with Gasteiger partial charge in [-0.15, -0.1) is 0 Å². The first-order chi connectivity index (χ1) is 10.3. The van der Waals surface area contributed by atoms with E-state index in [4.69, 9.17) is 14.5 Å². The Bertz CT molecular complexity index is 377. The summed E-state index contributed by atoms with van der Waals surface area (Å²) in [5, 5.41) is 10.4. The normalized spacial score (nSPS) is 25.8. The minimum absolute atomic E-state index is 0.0820. The second-order valence-electron chi connectivity index (χ2n) is 6.87. The van der Waals surface area contributed by atoms with Crippen molar-refractivity contribution >= 4 is 5.97 Å². The number of hydrogen-bond acceptors (Lipinski definition) is 5. The SMILES string of the molecule is C=C(C)COOCC1CCCC(OC(=O)C(C)(C)CC)C1O. The van der Waals surface area contributed by atoms with E-state index in [1.165, 1.54) is 0 Å². The molecule has 22 heavy (non-hydrogen) atoms. The van der Waals surface area contributed by atoms with Gasteiger partial charge in [0.05, 0.1) is 18.1 Å². The van der Waals surface area contributed by atoms with E-state index >= 15 is 0 Å². The first-order valence-electron chi connectivity index (χ1n) is 8.06. The molecular formula is C17H30O5. The maximum atomic E-state index is 12.2. The Balaban J connectivity index is 2.46. The van der Waals surface area contributed by atoms with Crippen LogP contribution in [0.25, 0.3) is 0 Å². The molecular weight excluding hydrogens is 284 g/mol. The largest absolute Gasteiger partial charge is 0.459 e. The van der Waals surface area contributed by atoms with Gasteiger partial charge in [0.1, 0.15) is 12.7 Å². The summed E-state index contributed by atoms with van der Waals surface area (Å²) in [5.74, 6) is -0.333. The van der Waals surface area contributed by atoms with Crippen molar-refractivity contribution in [2.24, 2.45) is 11.3 Å². The summed E-state index contributed by atoms with van der Waals surface area (Å²) in [7, 11) is 0. The molecule has 0 aromatic carbocycles. The third kappa shape index (κ3) is 5.71. The van der Waals surface area contributed by atoms with Gasteiger partial charge in [-0.3, -0.25) is 4.79 Å². The minimum Gasteiger partial charge on any atom is -0.459 e. The molecule has 5 heteroatoms. The molecule has 0 bridgehead atoms. The van der Waals surface area contributed by atoms with Crippen LogP contribution in [-0.2, 0) is 19.3 Å². The van der Waals surface area contributed by atoms with Gasteiger partial charge in [-0.1, -0.05) is 19.1 Å². The second-order valence-corrected chi connectivity index (χ2v) is 6.87. The molecule has 0 aliphatic heterocycles. The summed E-state index contributed by atoms with van der Waals surface area (Å²) in [6.45, 7) is 11.9. The third-order valence-corrected chi connectivity index (χ3v) is 4.29. The molecule has 3 unspecified atom stereocenters. The lowest BCUT2D eigenvalue weighted by Gasteiger charge is -2.35. The average molecular weight is 314 g/mol. The molecule has 3 atom stereocenters. The van der Waals surface area contributed by atoms with Gasteiger partial charge in [-0.25, -0.2) is 9.78 Å². The van der Waals surface area contributed by atoms with Gasteiger partial charge in [-0.05, 0) is 46.5 Å². The van der Waals surface area contributed by atoms with E-state index in [0.29, 0.717) is 26.1 Å². The predicted octanol–water partition coefficient (Wildman–Crippen LogP) is 3.02. The lowest BCUT2D eigenvalue weighted by molar-refractivity contribution is -0.301. The molecule has 1 aliphatic rings. The van der Waals surface area contributed by atoms with Crippen LogP contribution in [0.2, 0.25) is 0 Å². The van der Waals surface area contributed by atoms with Crippen molar-refractivity contribution in [1.29, 1.82) is 0 Å². The van der Waals surface area contributed by atoms with Crippen LogP contribution >= 0.6 is 0 Å². The molecule has 1 fully saturated rings. The number of esters is 1. The van der Waals surface area contributed by atoms with Crippen LogP contribution in [0, 0.1) is 11.3 Å². The molecule has 1 N–H and O–H groups in total. The summed E-state index contributed by atoms with van der Waals surface area (Å²) in [6.07, 6.45) is 1.96. The van der Waals surface area contributed by atoms with Crippen LogP contribution in [-0.4, -0.2) is 36.5 Å². The van der Waals surface area contributed by atoms with Crippen molar-refractivity contribution < 1.29 is 24.4 Å². The summed E-state index contributed by atoms with van der Waals surface area (Å²) in [5.41, 5.74) is 0.353. The Morgan fingerprint density at radius 2 is 2.00 bits per heavy atom. The van der Waals surface area contributed by atoms with Gasteiger partial charge in [0, 0.05) is 5.92 Å². The molecule has 5 nitrogen and oxygen atoms in total. The van der Waals surface area contributed by atoms with Crippen molar-refractivity contribution in [3.63, 3.8) is 0 Å². The van der Waals surface area contributed by atoms with E-state index in [1.807, 2.05) is 27.7 Å². The van der Waals surface area contributed by atoms with Crippen LogP contribution in [0.1, 0.15) is 53.4 Å². The maximum Gasteiger partial charge on any atom is 0.311 e. The van der Waals surface area contributed by atoms with Crippen LogP contribution < -0.4 is 0 Å². The zero-order valence-corrected chi connectivity index (χ0v) is 14.3. The second kappa shape index (κ2) is 8.65. The molecule has 1 aliphatic carbocycles. The Kier molecular flexibility index (Phi) is 7.53. The van der Waals surface area contributed by atoms with Gasteiger partial charge in [-0.2, -0.15) is 0 Å². The summed E-state index contributed by atoms with van der Waals surface area (Å²) >= 11 is 0. The highest BCUT2D eigenvalue weighted by Crippen LogP contribution is 2.30. The van der Waals surface area contributed by atoms with Gasteiger partial charge < -0.3 is 9.84 Å². The molecule has 0 aromatic rings. The lowest BCUT2D eigenvalue weighted by atomic mass is 9.84. The Morgan fingerprint density at radius 3 is 2.59 bits per heavy atom. The zero-order valence-electron chi connectivity index (χ0n) is 14.3. The first kappa shape index (κ1) is 19.1. The number of ether oxygens (including phenoxy) is 1. The van der Waals surface area contributed by atoms with E-state index in [-0.39, 0.29) is 11.9 Å². The predicted molar refractivity (Wildman–Crippen MR) is 84.0 cm³/mol. The van der Waals surface area contributed by atoms with Crippen molar-refractivity contribution in [3.05, 3.63) is 12.2 Å². The van der Waals surface area contributed by atoms with E-state index in [2.05, 4.69) is 6.58 Å². The summed E-state index contributed by atoms with van der Waals surface area (Å²) in [4.78, 5) is 22.3. The average Bonchev–Trinajstić information content (AvgIpc) is 2.46. The number of carbonyl (C=O) groups excluding carboxylic acids is 1. The molecule has 0 amide bonds. The molecule has 128 valence electrons. The van der Waals surface area contributed by atoms with Crippen molar-refractivity contribution in [3.8, 4) is 0 Å². The smallest absolute Gasteiger partial charge is 0.311 e. The molecule has 0 aromatic heterocycles. The Morgan fingerprint density at radius 1 is 1.32 bits per heavy atom. The van der Waals surface area contributed by atoms with Gasteiger partial charge >= 0.3 is 5.97 Å². The van der Waals surface area contributed by atoms with Crippen LogP contribution in [0.15, 0.2) is 12.2 Å². The highest BCUT2D eigenvalue weighted by atomic mass is 17.2. The monoisotopic (exact) mass is 314 g/mol. The Labute approximate surface area is 133 Å². The number of aliphatic hydroxyl groups excluding tert-OH is 1. The van der Waals surface area contributed by atoms with Crippen LogP contribution in [0.4, 0.5) is 0 Å². The fourth-order valence-electron chi connectivity index (χ4n) is 2.26. The number of carbonyl (C=O) groups is 1. The highest BCUT2D eigenvalue weighted by Gasteiger charge is 2.37. The zero-order chi connectivity index (χ0) is 16.8. The van der Waals surface area contributed by atoms with Crippen molar-refractivity contribution in [2.75, 3.05) is 13.2 Å². The summed E-state index contributed by atoms with van der Waals surface area (Å²) in [6, 6.07) is 0. The first-order valence-corrected chi connectivity index (χ1v) is 8.06. The van der Waals surface area contributed by atoms with Gasteiger partial charge in [0.25, 0.3) is 0 Å².